The highest BCUT2D eigenvalue weighted by Crippen LogP contribution is 2.22. The van der Waals surface area contributed by atoms with Crippen LogP contribution in [0.15, 0.2) is 24.3 Å². The molecule has 0 aliphatic heterocycles. The second kappa shape index (κ2) is 4.18. The van der Waals surface area contributed by atoms with E-state index in [1.165, 1.54) is 5.56 Å². The van der Waals surface area contributed by atoms with E-state index < -0.39 is 0 Å². The van der Waals surface area contributed by atoms with E-state index in [9.17, 15) is 0 Å². The van der Waals surface area contributed by atoms with Gasteiger partial charge in [-0.25, -0.2) is 0 Å². The largest absolute Gasteiger partial charge is 0.267 e. The van der Waals surface area contributed by atoms with Gasteiger partial charge in [0.25, 0.3) is 0 Å². The summed E-state index contributed by atoms with van der Waals surface area (Å²) in [5.74, 6) is 0. The minimum atomic E-state index is 0.716. The molecule has 1 aromatic carbocycles. The summed E-state index contributed by atoms with van der Waals surface area (Å²) in [6.07, 6.45) is 0. The lowest BCUT2D eigenvalue weighted by atomic mass is 10.0. The first-order valence-electron chi connectivity index (χ1n) is 5.22. The maximum atomic E-state index is 5.15. The van der Waals surface area contributed by atoms with Gasteiger partial charge < -0.3 is 0 Å². The van der Waals surface area contributed by atoms with Crippen molar-refractivity contribution < 1.29 is 0 Å². The van der Waals surface area contributed by atoms with Gasteiger partial charge in [-0.15, -0.1) is 0 Å². The van der Waals surface area contributed by atoms with Gasteiger partial charge in [-0.2, -0.15) is 5.10 Å². The fourth-order valence-electron chi connectivity index (χ4n) is 1.61. The van der Waals surface area contributed by atoms with Gasteiger partial charge in [0.2, 0.25) is 0 Å². The van der Waals surface area contributed by atoms with Gasteiger partial charge in [-0.05, 0) is 31.9 Å². The molecule has 16 heavy (non-hydrogen) atoms. The first-order chi connectivity index (χ1) is 7.59. The van der Waals surface area contributed by atoms with Crippen molar-refractivity contribution in [1.29, 1.82) is 0 Å². The third kappa shape index (κ3) is 1.91. The van der Waals surface area contributed by atoms with Crippen LogP contribution in [0, 0.1) is 25.4 Å². The lowest BCUT2D eigenvalue weighted by Gasteiger charge is -2.07. The quantitative estimate of drug-likeness (QED) is 0.756. The fourth-order valence-corrected chi connectivity index (χ4v) is 1.81. The molecule has 2 rings (SSSR count). The second-order valence-electron chi connectivity index (χ2n) is 4.02. The Hall–Kier alpha value is -1.48. The molecule has 0 unspecified atom stereocenters. The monoisotopic (exact) mass is 230 g/mol. The highest BCUT2D eigenvalue weighted by atomic mass is 32.1. The van der Waals surface area contributed by atoms with Crippen LogP contribution in [-0.4, -0.2) is 10.2 Å². The second-order valence-corrected chi connectivity index (χ2v) is 4.43. The van der Waals surface area contributed by atoms with Gasteiger partial charge in [0.1, 0.15) is 4.64 Å². The van der Waals surface area contributed by atoms with Crippen molar-refractivity contribution in [3.63, 3.8) is 0 Å². The van der Waals surface area contributed by atoms with Crippen molar-refractivity contribution in [2.45, 2.75) is 20.8 Å². The van der Waals surface area contributed by atoms with Crippen molar-refractivity contribution in [1.82, 2.24) is 10.2 Å². The number of aryl methyl sites for hydroxylation is 1. The van der Waals surface area contributed by atoms with Gasteiger partial charge >= 0.3 is 0 Å². The van der Waals surface area contributed by atoms with Crippen LogP contribution in [0.3, 0.4) is 0 Å². The number of hydrogen-bond acceptors (Lipinski definition) is 2. The van der Waals surface area contributed by atoms with Crippen LogP contribution in [0.4, 0.5) is 0 Å². The number of H-pyrrole nitrogens is 1. The van der Waals surface area contributed by atoms with E-state index >= 15 is 0 Å². The Balaban J connectivity index is 2.61. The lowest BCUT2D eigenvalue weighted by Crippen LogP contribution is -1.96. The third-order valence-electron chi connectivity index (χ3n) is 2.85. The molecule has 2 aromatic rings. The predicted molar refractivity (Wildman–Crippen MR) is 69.1 cm³/mol. The zero-order valence-electron chi connectivity index (χ0n) is 9.66. The fraction of sp³-hybridized carbons (Fsp3) is 0.231. The highest BCUT2D eigenvalue weighted by molar-refractivity contribution is 7.71. The lowest BCUT2D eigenvalue weighted by molar-refractivity contribution is 0.987. The van der Waals surface area contributed by atoms with Crippen molar-refractivity contribution >= 4 is 12.2 Å². The summed E-state index contributed by atoms with van der Waals surface area (Å²) < 4.78 is 0.716. The molecule has 2 nitrogen and oxygen atoms in total. The summed E-state index contributed by atoms with van der Waals surface area (Å²) in [6, 6.07) is 8.35. The molecule has 1 heterocycles. The van der Waals surface area contributed by atoms with Gasteiger partial charge in [0.05, 0.1) is 5.69 Å². The molecule has 0 aliphatic carbocycles. The molecule has 0 aliphatic rings. The molecular formula is C13H14N2S. The van der Waals surface area contributed by atoms with Crippen molar-refractivity contribution in [2.24, 2.45) is 0 Å². The van der Waals surface area contributed by atoms with Crippen LogP contribution in [0.25, 0.3) is 11.3 Å². The number of aromatic amines is 1. The summed E-state index contributed by atoms with van der Waals surface area (Å²) in [5.41, 5.74) is 5.60. The molecule has 0 spiro atoms. The van der Waals surface area contributed by atoms with Crippen molar-refractivity contribution in [3.8, 4) is 11.3 Å². The average Bonchev–Trinajstić information content (AvgIpc) is 2.28. The first-order valence-corrected chi connectivity index (χ1v) is 5.63. The molecular weight excluding hydrogens is 216 g/mol. The summed E-state index contributed by atoms with van der Waals surface area (Å²) in [5, 5.41) is 7.20. The van der Waals surface area contributed by atoms with Crippen LogP contribution in [0.2, 0.25) is 0 Å². The van der Waals surface area contributed by atoms with Gasteiger partial charge in [0.15, 0.2) is 0 Å². The number of rotatable bonds is 1. The normalized spacial score (nSPS) is 10.4. The maximum absolute atomic E-state index is 5.15. The summed E-state index contributed by atoms with van der Waals surface area (Å²) in [4.78, 5) is 0. The van der Waals surface area contributed by atoms with Crippen molar-refractivity contribution in [2.75, 3.05) is 0 Å². The Kier molecular flexibility index (Phi) is 2.88. The van der Waals surface area contributed by atoms with E-state index in [1.54, 1.807) is 0 Å². The Labute approximate surface area is 100 Å². The minimum absolute atomic E-state index is 0.716. The third-order valence-corrected chi connectivity index (χ3v) is 3.25. The number of hydrogen-bond donors (Lipinski definition) is 1. The first kappa shape index (κ1) is 11.0. The van der Waals surface area contributed by atoms with Crippen LogP contribution >= 0.6 is 12.2 Å². The molecule has 0 saturated carbocycles. The molecule has 0 radical (unpaired) electrons. The smallest absolute Gasteiger partial charge is 0.122 e. The maximum Gasteiger partial charge on any atom is 0.122 e. The Morgan fingerprint density at radius 1 is 1.00 bits per heavy atom. The van der Waals surface area contributed by atoms with Crippen LogP contribution < -0.4 is 0 Å². The zero-order chi connectivity index (χ0) is 11.7. The number of nitrogens with one attached hydrogen (secondary N) is 1. The molecule has 0 amide bonds. The van der Waals surface area contributed by atoms with E-state index in [4.69, 9.17) is 12.2 Å². The standard InChI is InChI=1S/C13H14N2S/c1-8-4-6-11(7-5-8)12-9(2)10(3)13(16)15-14-12/h4-7H,1-3H3,(H,15,16). The van der Waals surface area contributed by atoms with Crippen molar-refractivity contribution in [3.05, 3.63) is 45.6 Å². The van der Waals surface area contributed by atoms with Gasteiger partial charge in [-0.1, -0.05) is 42.0 Å². The zero-order valence-corrected chi connectivity index (χ0v) is 10.5. The van der Waals surface area contributed by atoms with E-state index in [-0.39, 0.29) is 0 Å². The molecule has 0 fully saturated rings. The average molecular weight is 230 g/mol. The van der Waals surface area contributed by atoms with E-state index in [0.717, 1.165) is 22.4 Å². The Morgan fingerprint density at radius 2 is 1.62 bits per heavy atom. The number of benzene rings is 1. The molecule has 3 heteroatoms. The summed E-state index contributed by atoms with van der Waals surface area (Å²) in [7, 11) is 0. The van der Waals surface area contributed by atoms with Crippen LogP contribution in [-0.2, 0) is 0 Å². The highest BCUT2D eigenvalue weighted by Gasteiger charge is 2.06. The molecule has 1 N–H and O–H groups in total. The summed E-state index contributed by atoms with van der Waals surface area (Å²) in [6.45, 7) is 6.16. The molecule has 1 aromatic heterocycles. The SMILES string of the molecule is Cc1ccc(-c2n[nH]c(=S)c(C)c2C)cc1. The number of aromatic nitrogens is 2. The van der Waals surface area contributed by atoms with E-state index in [1.807, 2.05) is 6.92 Å². The Bertz CT molecular complexity index is 567. The Morgan fingerprint density at radius 3 is 2.25 bits per heavy atom. The predicted octanol–water partition coefficient (Wildman–Crippen LogP) is 3.73. The van der Waals surface area contributed by atoms with Crippen LogP contribution in [0.5, 0.6) is 0 Å². The minimum Gasteiger partial charge on any atom is -0.267 e. The molecule has 0 saturated heterocycles. The topological polar surface area (TPSA) is 28.7 Å². The molecule has 0 atom stereocenters. The van der Waals surface area contributed by atoms with Gasteiger partial charge in [-0.3, -0.25) is 5.10 Å². The molecule has 82 valence electrons. The van der Waals surface area contributed by atoms with Gasteiger partial charge in [0, 0.05) is 5.56 Å². The van der Waals surface area contributed by atoms with E-state index in [0.29, 0.717) is 4.64 Å². The summed E-state index contributed by atoms with van der Waals surface area (Å²) >= 11 is 5.15. The molecule has 0 bridgehead atoms. The van der Waals surface area contributed by atoms with E-state index in [2.05, 4.69) is 48.3 Å². The van der Waals surface area contributed by atoms with Crippen LogP contribution in [0.1, 0.15) is 16.7 Å². The number of nitrogens with zero attached hydrogens (tertiary/aromatic N) is 1.